The van der Waals surface area contributed by atoms with Crippen LogP contribution in [0.3, 0.4) is 0 Å². The zero-order valence-corrected chi connectivity index (χ0v) is 13.2. The Morgan fingerprint density at radius 3 is 2.91 bits per heavy atom. The first-order chi connectivity index (χ1) is 10.9. The highest BCUT2D eigenvalue weighted by atomic mass is 32.2. The number of anilines is 2. The summed E-state index contributed by atoms with van der Waals surface area (Å²) in [4.78, 5) is 13.2. The average Bonchev–Trinajstić information content (AvgIpc) is 2.97. The molecule has 0 spiro atoms. The lowest BCUT2D eigenvalue weighted by Crippen LogP contribution is -2.41. The number of fused-ring (bicyclic) bond motifs is 1. The maximum absolute atomic E-state index is 12.3. The Kier molecular flexibility index (Phi) is 3.64. The maximum atomic E-state index is 12.3. The van der Waals surface area contributed by atoms with Crippen molar-refractivity contribution in [3.8, 4) is 5.75 Å². The quantitative estimate of drug-likeness (QED) is 0.813. The van der Waals surface area contributed by atoms with E-state index in [0.717, 1.165) is 0 Å². The largest absolute Gasteiger partial charge is 0.487 e. The van der Waals surface area contributed by atoms with Crippen molar-refractivity contribution in [2.75, 3.05) is 16.2 Å². The minimum absolute atomic E-state index is 0.0366. The molecule has 0 bridgehead atoms. The van der Waals surface area contributed by atoms with E-state index in [0.29, 0.717) is 18.0 Å². The van der Waals surface area contributed by atoms with E-state index in [4.69, 9.17) is 4.74 Å². The van der Waals surface area contributed by atoms with E-state index in [1.807, 2.05) is 6.92 Å². The van der Waals surface area contributed by atoms with Gasteiger partial charge in [0.2, 0.25) is 5.91 Å². The molecule has 122 valence electrons. The van der Waals surface area contributed by atoms with Gasteiger partial charge in [0, 0.05) is 6.92 Å². The number of benzene rings is 1. The first-order valence-corrected chi connectivity index (χ1v) is 8.20. The van der Waals surface area contributed by atoms with Crippen molar-refractivity contribution in [2.45, 2.75) is 24.8 Å². The summed E-state index contributed by atoms with van der Waals surface area (Å²) in [5, 5.41) is 12.5. The average molecular weight is 338 g/mol. The highest BCUT2D eigenvalue weighted by molar-refractivity contribution is 7.92. The molecule has 2 aromatic rings. The Balaban J connectivity index is 1.99. The number of nitrogens with one attached hydrogen (secondary N) is 2. The van der Waals surface area contributed by atoms with E-state index in [-0.39, 0.29) is 22.9 Å². The molecule has 1 aromatic carbocycles. The number of aromatic nitrogens is 4. The molecule has 10 nitrogen and oxygen atoms in total. The number of nitrogens with zero attached hydrogens (tertiary/aromatic N) is 4. The normalized spacial score (nSPS) is 17.3. The van der Waals surface area contributed by atoms with Gasteiger partial charge < -0.3 is 9.64 Å². The van der Waals surface area contributed by atoms with E-state index in [9.17, 15) is 13.2 Å². The SMILES string of the molecule is CC(=O)N1C[C@@H](C)Oc2ccc(S(=O)(=O)Nc3nn[nH]n3)cc21. The second kappa shape index (κ2) is 5.50. The molecule has 1 atom stereocenters. The molecule has 1 aromatic heterocycles. The highest BCUT2D eigenvalue weighted by Gasteiger charge is 2.28. The fourth-order valence-electron chi connectivity index (χ4n) is 2.27. The maximum Gasteiger partial charge on any atom is 0.276 e. The molecule has 23 heavy (non-hydrogen) atoms. The molecule has 2 heterocycles. The molecular weight excluding hydrogens is 324 g/mol. The van der Waals surface area contributed by atoms with Crippen LogP contribution in [0, 0.1) is 0 Å². The van der Waals surface area contributed by atoms with Crippen LogP contribution in [0.4, 0.5) is 11.6 Å². The van der Waals surface area contributed by atoms with Crippen LogP contribution in [-0.4, -0.2) is 47.6 Å². The number of sulfonamides is 1. The van der Waals surface area contributed by atoms with Crippen molar-refractivity contribution in [2.24, 2.45) is 0 Å². The molecule has 1 aliphatic rings. The van der Waals surface area contributed by atoms with Crippen LogP contribution in [-0.2, 0) is 14.8 Å². The standard InChI is InChI=1S/C12H14N6O4S/c1-7-6-18(8(2)19)10-5-9(3-4-11(10)22-7)23(20,21)15-12-13-16-17-14-12/h3-5,7H,6H2,1-2H3,(H2,13,14,15,16,17)/t7-/m1/s1. The van der Waals surface area contributed by atoms with Gasteiger partial charge >= 0.3 is 0 Å². The number of hydrogen-bond donors (Lipinski definition) is 2. The zero-order valence-electron chi connectivity index (χ0n) is 12.3. The third-order valence-electron chi connectivity index (χ3n) is 3.25. The molecule has 0 radical (unpaired) electrons. The number of amides is 1. The molecule has 11 heteroatoms. The summed E-state index contributed by atoms with van der Waals surface area (Å²) in [6.45, 7) is 3.60. The van der Waals surface area contributed by atoms with Crippen LogP contribution in [0.2, 0.25) is 0 Å². The number of ether oxygens (including phenoxy) is 1. The first-order valence-electron chi connectivity index (χ1n) is 6.72. The zero-order chi connectivity index (χ0) is 16.6. The second-order valence-corrected chi connectivity index (χ2v) is 6.71. The fraction of sp³-hybridized carbons (Fsp3) is 0.333. The topological polar surface area (TPSA) is 130 Å². The number of H-pyrrole nitrogens is 1. The summed E-state index contributed by atoms with van der Waals surface area (Å²) in [5.74, 6) is 0.0931. The van der Waals surface area contributed by atoms with E-state index >= 15 is 0 Å². The van der Waals surface area contributed by atoms with Gasteiger partial charge in [0.25, 0.3) is 16.0 Å². The van der Waals surface area contributed by atoms with Gasteiger partial charge in [-0.3, -0.25) is 4.79 Å². The van der Waals surface area contributed by atoms with Crippen molar-refractivity contribution >= 4 is 27.6 Å². The Hall–Kier alpha value is -2.69. The van der Waals surface area contributed by atoms with Gasteiger partial charge in [-0.25, -0.2) is 13.1 Å². The van der Waals surface area contributed by atoms with Gasteiger partial charge in [-0.15, -0.1) is 5.10 Å². The van der Waals surface area contributed by atoms with Crippen LogP contribution in [0.15, 0.2) is 23.1 Å². The summed E-state index contributed by atoms with van der Waals surface area (Å²) in [6.07, 6.45) is -0.175. The third-order valence-corrected chi connectivity index (χ3v) is 4.58. The van der Waals surface area contributed by atoms with Gasteiger partial charge in [0.15, 0.2) is 0 Å². The first kappa shape index (κ1) is 15.2. The minimum Gasteiger partial charge on any atom is -0.487 e. The lowest BCUT2D eigenvalue weighted by atomic mass is 10.2. The van der Waals surface area contributed by atoms with Gasteiger partial charge in [0.1, 0.15) is 11.9 Å². The third kappa shape index (κ3) is 2.95. The number of aromatic amines is 1. The van der Waals surface area contributed by atoms with E-state index < -0.39 is 10.0 Å². The molecule has 0 saturated carbocycles. The van der Waals surface area contributed by atoms with Crippen molar-refractivity contribution in [3.63, 3.8) is 0 Å². The Labute approximate surface area is 131 Å². The minimum atomic E-state index is -3.91. The molecule has 2 N–H and O–H groups in total. The van der Waals surface area contributed by atoms with Crippen molar-refractivity contribution in [1.82, 2.24) is 20.6 Å². The smallest absolute Gasteiger partial charge is 0.276 e. The fourth-order valence-corrected chi connectivity index (χ4v) is 3.23. The molecule has 1 aliphatic heterocycles. The van der Waals surface area contributed by atoms with Crippen LogP contribution >= 0.6 is 0 Å². The lowest BCUT2D eigenvalue weighted by molar-refractivity contribution is -0.117. The lowest BCUT2D eigenvalue weighted by Gasteiger charge is -2.33. The summed E-state index contributed by atoms with van der Waals surface area (Å²) in [5.41, 5.74) is 0.409. The summed E-state index contributed by atoms with van der Waals surface area (Å²) >= 11 is 0. The molecule has 0 aliphatic carbocycles. The van der Waals surface area contributed by atoms with Gasteiger partial charge in [0.05, 0.1) is 17.1 Å². The molecule has 0 unspecified atom stereocenters. The molecular formula is C12H14N6O4S. The molecule has 0 fully saturated rings. The van der Waals surface area contributed by atoms with Crippen LogP contribution in [0.5, 0.6) is 5.75 Å². The Morgan fingerprint density at radius 1 is 1.48 bits per heavy atom. The van der Waals surface area contributed by atoms with E-state index in [1.165, 1.54) is 30.0 Å². The second-order valence-electron chi connectivity index (χ2n) is 5.03. The van der Waals surface area contributed by atoms with Crippen LogP contribution < -0.4 is 14.4 Å². The van der Waals surface area contributed by atoms with Crippen LogP contribution in [0.1, 0.15) is 13.8 Å². The van der Waals surface area contributed by atoms with Crippen molar-refractivity contribution < 1.29 is 17.9 Å². The number of carbonyl (C=O) groups excluding carboxylic acids is 1. The van der Waals surface area contributed by atoms with Crippen molar-refractivity contribution in [1.29, 1.82) is 0 Å². The molecule has 0 saturated heterocycles. The predicted octanol–water partition coefficient (Wildman–Crippen LogP) is 0.134. The van der Waals surface area contributed by atoms with Gasteiger partial charge in [-0.05, 0) is 30.3 Å². The van der Waals surface area contributed by atoms with Gasteiger partial charge in [-0.2, -0.15) is 5.21 Å². The van der Waals surface area contributed by atoms with Gasteiger partial charge in [-0.1, -0.05) is 5.10 Å². The number of hydrogen-bond acceptors (Lipinski definition) is 7. The molecule has 3 rings (SSSR count). The van der Waals surface area contributed by atoms with E-state index in [1.54, 1.807) is 0 Å². The van der Waals surface area contributed by atoms with E-state index in [2.05, 4.69) is 25.3 Å². The van der Waals surface area contributed by atoms with Crippen molar-refractivity contribution in [3.05, 3.63) is 18.2 Å². The number of rotatable bonds is 3. The number of tetrazole rings is 1. The summed E-state index contributed by atoms with van der Waals surface area (Å²) in [6, 6.07) is 4.29. The molecule has 1 amide bonds. The highest BCUT2D eigenvalue weighted by Crippen LogP contribution is 2.35. The Bertz CT molecular complexity index is 835. The van der Waals surface area contributed by atoms with Crippen LogP contribution in [0.25, 0.3) is 0 Å². The monoisotopic (exact) mass is 338 g/mol. The summed E-state index contributed by atoms with van der Waals surface area (Å²) in [7, 11) is -3.91. The predicted molar refractivity (Wildman–Crippen MR) is 79.5 cm³/mol. The Morgan fingerprint density at radius 2 is 2.26 bits per heavy atom. The summed E-state index contributed by atoms with van der Waals surface area (Å²) < 4.78 is 32.5. The number of carbonyl (C=O) groups is 1.